The second-order valence-electron chi connectivity index (χ2n) is 4.11. The fraction of sp³-hybridized carbons (Fsp3) is 0.214. The first kappa shape index (κ1) is 12.8. The predicted molar refractivity (Wildman–Crippen MR) is 74.9 cm³/mol. The molecule has 1 aromatic carbocycles. The highest BCUT2D eigenvalue weighted by atomic mass is 32.1. The largest absolute Gasteiger partial charge is 0.480 e. The molecule has 0 saturated heterocycles. The highest BCUT2D eigenvalue weighted by molar-refractivity contribution is 7.17. The second kappa shape index (κ2) is 5.80. The smallest absolute Gasteiger partial charge is 0.317 e. The molecule has 2 rings (SSSR count). The Hall–Kier alpha value is -1.65. The van der Waals surface area contributed by atoms with Crippen LogP contribution in [0.25, 0.3) is 10.1 Å². The second-order valence-corrected chi connectivity index (χ2v) is 5.02. The van der Waals surface area contributed by atoms with Gasteiger partial charge in [0.15, 0.2) is 0 Å². The minimum absolute atomic E-state index is 0.0379. The Bertz CT molecular complexity index is 562. The van der Waals surface area contributed by atoms with E-state index in [2.05, 4.69) is 24.1 Å². The number of carboxylic acid groups (broad SMARTS) is 1. The Balaban J connectivity index is 2.19. The SMILES string of the molecule is C=CCN(CC(=O)O)Cc1csc2ccccc12. The molecule has 1 heterocycles. The fourth-order valence-corrected chi connectivity index (χ4v) is 2.91. The Kier molecular flexibility index (Phi) is 4.12. The number of hydrogen-bond acceptors (Lipinski definition) is 3. The van der Waals surface area contributed by atoms with Crippen molar-refractivity contribution < 1.29 is 9.90 Å². The van der Waals surface area contributed by atoms with Crippen LogP contribution in [-0.2, 0) is 11.3 Å². The molecule has 1 aromatic heterocycles. The van der Waals surface area contributed by atoms with E-state index in [0.29, 0.717) is 13.1 Å². The van der Waals surface area contributed by atoms with E-state index in [-0.39, 0.29) is 6.54 Å². The summed E-state index contributed by atoms with van der Waals surface area (Å²) < 4.78 is 1.24. The van der Waals surface area contributed by atoms with E-state index >= 15 is 0 Å². The number of thiophene rings is 1. The van der Waals surface area contributed by atoms with Crippen LogP contribution in [0.2, 0.25) is 0 Å². The molecule has 0 radical (unpaired) electrons. The molecule has 0 atom stereocenters. The zero-order valence-corrected chi connectivity index (χ0v) is 10.8. The highest BCUT2D eigenvalue weighted by Gasteiger charge is 2.11. The molecule has 0 bridgehead atoms. The molecule has 0 amide bonds. The molecule has 0 aliphatic carbocycles. The van der Waals surface area contributed by atoms with Gasteiger partial charge < -0.3 is 5.11 Å². The summed E-state index contributed by atoms with van der Waals surface area (Å²) in [7, 11) is 0. The summed E-state index contributed by atoms with van der Waals surface area (Å²) >= 11 is 1.69. The summed E-state index contributed by atoms with van der Waals surface area (Å²) in [6.45, 7) is 4.93. The van der Waals surface area contributed by atoms with E-state index in [9.17, 15) is 4.79 Å². The van der Waals surface area contributed by atoms with E-state index in [0.717, 1.165) is 0 Å². The van der Waals surface area contributed by atoms with Crippen LogP contribution < -0.4 is 0 Å². The molecule has 1 N–H and O–H groups in total. The van der Waals surface area contributed by atoms with Gasteiger partial charge in [0.25, 0.3) is 0 Å². The maximum Gasteiger partial charge on any atom is 0.317 e. The van der Waals surface area contributed by atoms with Gasteiger partial charge in [-0.1, -0.05) is 24.3 Å². The van der Waals surface area contributed by atoms with E-state index in [4.69, 9.17) is 5.11 Å². The number of fused-ring (bicyclic) bond motifs is 1. The van der Waals surface area contributed by atoms with Gasteiger partial charge in [-0.15, -0.1) is 17.9 Å². The molecule has 0 saturated carbocycles. The molecular formula is C14H15NO2S. The summed E-state index contributed by atoms with van der Waals surface area (Å²) in [5.74, 6) is -0.809. The van der Waals surface area contributed by atoms with Gasteiger partial charge in [0.2, 0.25) is 0 Å². The molecule has 0 aliphatic rings. The lowest BCUT2D eigenvalue weighted by molar-refractivity contribution is -0.138. The molecule has 3 nitrogen and oxygen atoms in total. The van der Waals surface area contributed by atoms with Crippen molar-refractivity contribution in [2.24, 2.45) is 0 Å². The van der Waals surface area contributed by atoms with Crippen LogP contribution in [0.5, 0.6) is 0 Å². The van der Waals surface area contributed by atoms with Crippen molar-refractivity contribution in [2.45, 2.75) is 6.54 Å². The third-order valence-corrected chi connectivity index (χ3v) is 3.71. The van der Waals surface area contributed by atoms with Crippen molar-refractivity contribution in [1.82, 2.24) is 4.90 Å². The highest BCUT2D eigenvalue weighted by Crippen LogP contribution is 2.26. The van der Waals surface area contributed by atoms with Gasteiger partial charge in [0.05, 0.1) is 6.54 Å². The molecule has 2 aromatic rings. The molecule has 18 heavy (non-hydrogen) atoms. The molecule has 0 aliphatic heterocycles. The van der Waals surface area contributed by atoms with Crippen LogP contribution in [-0.4, -0.2) is 29.1 Å². The lowest BCUT2D eigenvalue weighted by Gasteiger charge is -2.17. The Morgan fingerprint density at radius 1 is 1.44 bits per heavy atom. The van der Waals surface area contributed by atoms with Crippen molar-refractivity contribution in [3.8, 4) is 0 Å². The molecular weight excluding hydrogens is 246 g/mol. The van der Waals surface area contributed by atoms with Crippen molar-refractivity contribution in [1.29, 1.82) is 0 Å². The first-order valence-corrected chi connectivity index (χ1v) is 6.59. The van der Waals surface area contributed by atoms with Crippen molar-refractivity contribution in [2.75, 3.05) is 13.1 Å². The number of rotatable bonds is 6. The van der Waals surface area contributed by atoms with E-state index in [1.165, 1.54) is 15.6 Å². The van der Waals surface area contributed by atoms with Crippen LogP contribution in [0.1, 0.15) is 5.56 Å². The monoisotopic (exact) mass is 261 g/mol. The van der Waals surface area contributed by atoms with E-state index in [1.807, 2.05) is 17.0 Å². The van der Waals surface area contributed by atoms with Gasteiger partial charge in [-0.3, -0.25) is 9.69 Å². The topological polar surface area (TPSA) is 40.5 Å². The molecule has 0 spiro atoms. The average molecular weight is 261 g/mol. The van der Waals surface area contributed by atoms with Crippen LogP contribution >= 0.6 is 11.3 Å². The number of aliphatic carboxylic acids is 1. The summed E-state index contributed by atoms with van der Waals surface area (Å²) in [4.78, 5) is 12.7. The molecule has 0 unspecified atom stereocenters. The van der Waals surface area contributed by atoms with Crippen LogP contribution in [0.3, 0.4) is 0 Å². The molecule has 94 valence electrons. The summed E-state index contributed by atoms with van der Waals surface area (Å²) in [5.41, 5.74) is 1.18. The lowest BCUT2D eigenvalue weighted by Crippen LogP contribution is -2.29. The first-order valence-electron chi connectivity index (χ1n) is 5.71. The van der Waals surface area contributed by atoms with Gasteiger partial charge >= 0.3 is 5.97 Å². The Labute approximate surface area is 110 Å². The summed E-state index contributed by atoms with van der Waals surface area (Å²) in [6.07, 6.45) is 1.73. The van der Waals surface area contributed by atoms with Crippen LogP contribution in [0, 0.1) is 0 Å². The van der Waals surface area contributed by atoms with Crippen LogP contribution in [0.4, 0.5) is 0 Å². The minimum atomic E-state index is -0.809. The Morgan fingerprint density at radius 3 is 2.94 bits per heavy atom. The average Bonchev–Trinajstić information content (AvgIpc) is 2.72. The van der Waals surface area contributed by atoms with Gasteiger partial charge in [0.1, 0.15) is 0 Å². The molecule has 4 heteroatoms. The Morgan fingerprint density at radius 2 is 2.22 bits per heavy atom. The third kappa shape index (κ3) is 2.97. The zero-order valence-electron chi connectivity index (χ0n) is 10.0. The lowest BCUT2D eigenvalue weighted by atomic mass is 10.1. The fourth-order valence-electron chi connectivity index (χ4n) is 1.95. The number of hydrogen-bond donors (Lipinski definition) is 1. The normalized spacial score (nSPS) is 10.9. The summed E-state index contributed by atoms with van der Waals surface area (Å²) in [6, 6.07) is 8.18. The third-order valence-electron chi connectivity index (χ3n) is 2.70. The summed E-state index contributed by atoms with van der Waals surface area (Å²) in [5, 5.41) is 12.2. The van der Waals surface area contributed by atoms with E-state index < -0.39 is 5.97 Å². The minimum Gasteiger partial charge on any atom is -0.480 e. The quantitative estimate of drug-likeness (QED) is 0.813. The standard InChI is InChI=1S/C14H15NO2S/c1-2-7-15(9-14(16)17)8-11-10-18-13-6-4-3-5-12(11)13/h2-6,10H,1,7-9H2,(H,16,17). The number of benzene rings is 1. The van der Waals surface area contributed by atoms with Gasteiger partial charge in [-0.2, -0.15) is 0 Å². The number of carboxylic acids is 1. The van der Waals surface area contributed by atoms with E-state index in [1.54, 1.807) is 17.4 Å². The van der Waals surface area contributed by atoms with Crippen molar-refractivity contribution >= 4 is 27.4 Å². The zero-order chi connectivity index (χ0) is 13.0. The van der Waals surface area contributed by atoms with Gasteiger partial charge in [-0.25, -0.2) is 0 Å². The maximum atomic E-state index is 10.8. The number of carbonyl (C=O) groups is 1. The van der Waals surface area contributed by atoms with Crippen LogP contribution in [0.15, 0.2) is 42.3 Å². The van der Waals surface area contributed by atoms with Gasteiger partial charge in [0, 0.05) is 17.8 Å². The number of nitrogens with zero attached hydrogens (tertiary/aromatic N) is 1. The van der Waals surface area contributed by atoms with Crippen molar-refractivity contribution in [3.63, 3.8) is 0 Å². The molecule has 0 fully saturated rings. The predicted octanol–water partition coefficient (Wildman–Crippen LogP) is 2.97. The first-order chi connectivity index (χ1) is 8.70. The maximum absolute atomic E-state index is 10.8. The van der Waals surface area contributed by atoms with Crippen molar-refractivity contribution in [3.05, 3.63) is 47.9 Å². The van der Waals surface area contributed by atoms with Gasteiger partial charge in [-0.05, 0) is 22.4 Å².